The molecule has 0 bridgehead atoms. The minimum absolute atomic E-state index is 0.269. The van der Waals surface area contributed by atoms with Gasteiger partial charge in [-0.1, -0.05) is 37.6 Å². The average Bonchev–Trinajstić information content (AvgIpc) is 3.33. The zero-order valence-corrected chi connectivity index (χ0v) is 18.8. The second-order valence-electron chi connectivity index (χ2n) is 7.80. The molecule has 0 fully saturated rings. The van der Waals surface area contributed by atoms with Gasteiger partial charge in [0.2, 0.25) is 0 Å². The van der Waals surface area contributed by atoms with Crippen molar-refractivity contribution in [3.63, 3.8) is 0 Å². The maximum absolute atomic E-state index is 12.4. The minimum Gasteiger partial charge on any atom is -0.424 e. The van der Waals surface area contributed by atoms with Crippen molar-refractivity contribution in [3.8, 4) is 11.4 Å². The Morgan fingerprint density at radius 1 is 1.00 bits per heavy atom. The Bertz CT molecular complexity index is 1450. The van der Waals surface area contributed by atoms with Crippen molar-refractivity contribution in [2.75, 3.05) is 0 Å². The van der Waals surface area contributed by atoms with Gasteiger partial charge in [0.1, 0.15) is 11.2 Å². The standard InChI is InChI=1S/C25H23ClN4O2/c1-3-7-21-28-24-23(25-27-18-9-5-6-10-19(18)30(21)25)20(32-22(31)8-4-2)15-29(24)17-13-11-16(26)12-14-17/h5-6,9-15H,3-4,7-8H2,1-2H3. The first-order valence-electron chi connectivity index (χ1n) is 10.9. The molecule has 3 aromatic heterocycles. The van der Waals surface area contributed by atoms with Gasteiger partial charge in [-0.25, -0.2) is 9.97 Å². The Morgan fingerprint density at radius 2 is 1.78 bits per heavy atom. The maximum atomic E-state index is 12.4. The van der Waals surface area contributed by atoms with Crippen molar-refractivity contribution in [2.45, 2.75) is 39.5 Å². The third-order valence-electron chi connectivity index (χ3n) is 5.48. The van der Waals surface area contributed by atoms with E-state index in [1.807, 2.05) is 66.2 Å². The summed E-state index contributed by atoms with van der Waals surface area (Å²) < 4.78 is 9.85. The second-order valence-corrected chi connectivity index (χ2v) is 8.24. The van der Waals surface area contributed by atoms with Gasteiger partial charge >= 0.3 is 5.97 Å². The highest BCUT2D eigenvalue weighted by Gasteiger charge is 2.22. The van der Waals surface area contributed by atoms with Crippen LogP contribution >= 0.6 is 11.6 Å². The average molecular weight is 447 g/mol. The summed E-state index contributed by atoms with van der Waals surface area (Å²) in [7, 11) is 0. The molecular formula is C25H23ClN4O2. The van der Waals surface area contributed by atoms with Crippen LogP contribution in [0, 0.1) is 0 Å². The molecule has 0 N–H and O–H groups in total. The Balaban J connectivity index is 1.87. The van der Waals surface area contributed by atoms with Gasteiger partial charge in [-0.15, -0.1) is 0 Å². The number of hydrogen-bond acceptors (Lipinski definition) is 4. The number of halogens is 1. The smallest absolute Gasteiger partial charge is 0.311 e. The molecule has 0 saturated carbocycles. The number of aryl methyl sites for hydroxylation is 1. The molecule has 7 heteroatoms. The van der Waals surface area contributed by atoms with Crippen molar-refractivity contribution in [2.24, 2.45) is 0 Å². The number of fused-ring (bicyclic) bond motifs is 5. The lowest BCUT2D eigenvalue weighted by atomic mass is 10.2. The molecule has 6 nitrogen and oxygen atoms in total. The fraction of sp³-hybridized carbons (Fsp3) is 0.240. The molecule has 0 unspecified atom stereocenters. The van der Waals surface area contributed by atoms with Crippen LogP contribution in [0.3, 0.4) is 0 Å². The van der Waals surface area contributed by atoms with Gasteiger partial charge in [0.05, 0.1) is 17.2 Å². The number of benzene rings is 2. The number of esters is 1. The summed E-state index contributed by atoms with van der Waals surface area (Å²) in [6.45, 7) is 4.09. The van der Waals surface area contributed by atoms with Gasteiger partial charge in [-0.3, -0.25) is 13.8 Å². The Kier molecular flexibility index (Phi) is 5.31. The number of rotatable bonds is 6. The lowest BCUT2D eigenvalue weighted by molar-refractivity contribution is -0.134. The van der Waals surface area contributed by atoms with Crippen LogP contribution < -0.4 is 4.74 Å². The summed E-state index contributed by atoms with van der Waals surface area (Å²) in [5, 5.41) is 1.38. The summed E-state index contributed by atoms with van der Waals surface area (Å²) in [5.41, 5.74) is 4.20. The van der Waals surface area contributed by atoms with Crippen LogP contribution in [0.5, 0.6) is 5.75 Å². The first kappa shape index (κ1) is 20.5. The zero-order chi connectivity index (χ0) is 22.2. The van der Waals surface area contributed by atoms with E-state index < -0.39 is 0 Å². The zero-order valence-electron chi connectivity index (χ0n) is 18.0. The maximum Gasteiger partial charge on any atom is 0.311 e. The van der Waals surface area contributed by atoms with Crippen LogP contribution in [-0.4, -0.2) is 24.9 Å². The van der Waals surface area contributed by atoms with Gasteiger partial charge in [-0.05, 0) is 49.2 Å². The van der Waals surface area contributed by atoms with Gasteiger partial charge in [0.25, 0.3) is 0 Å². The number of carbonyl (C=O) groups excluding carboxylic acids is 1. The highest BCUT2D eigenvalue weighted by atomic mass is 35.5. The summed E-state index contributed by atoms with van der Waals surface area (Å²) in [4.78, 5) is 22.4. The van der Waals surface area contributed by atoms with Crippen LogP contribution in [0.4, 0.5) is 0 Å². The first-order valence-corrected chi connectivity index (χ1v) is 11.3. The number of hydrogen-bond donors (Lipinski definition) is 0. The van der Waals surface area contributed by atoms with Crippen LogP contribution in [-0.2, 0) is 11.2 Å². The van der Waals surface area contributed by atoms with E-state index in [0.717, 1.165) is 52.8 Å². The first-order chi connectivity index (χ1) is 15.6. The Morgan fingerprint density at radius 3 is 2.53 bits per heavy atom. The SMILES string of the molecule is CCCC(=O)Oc1cn(-c2ccc(Cl)cc2)c2nc(CCC)n3c4ccccc4nc3c12. The summed E-state index contributed by atoms with van der Waals surface area (Å²) in [6.07, 6.45) is 4.63. The molecule has 0 aliphatic heterocycles. The van der Waals surface area contributed by atoms with E-state index in [1.165, 1.54) is 0 Å². The second kappa shape index (κ2) is 8.28. The topological polar surface area (TPSA) is 61.4 Å². The lowest BCUT2D eigenvalue weighted by Crippen LogP contribution is -2.07. The molecular weight excluding hydrogens is 424 g/mol. The number of para-hydroxylation sites is 2. The molecule has 5 rings (SSSR count). The fourth-order valence-electron chi connectivity index (χ4n) is 4.07. The number of nitrogens with zero attached hydrogens (tertiary/aromatic N) is 4. The molecule has 0 aliphatic carbocycles. The van der Waals surface area contributed by atoms with Gasteiger partial charge in [-0.2, -0.15) is 0 Å². The predicted molar refractivity (Wildman–Crippen MR) is 127 cm³/mol. The molecule has 0 spiro atoms. The van der Waals surface area contributed by atoms with Gasteiger partial charge in [0.15, 0.2) is 17.0 Å². The highest BCUT2D eigenvalue weighted by molar-refractivity contribution is 6.30. The molecule has 5 aromatic rings. The quantitative estimate of drug-likeness (QED) is 0.294. The number of carbonyl (C=O) groups is 1. The molecule has 32 heavy (non-hydrogen) atoms. The van der Waals surface area contributed by atoms with Crippen LogP contribution in [0.1, 0.15) is 38.9 Å². The molecule has 3 heterocycles. The van der Waals surface area contributed by atoms with Crippen molar-refractivity contribution < 1.29 is 9.53 Å². The third-order valence-corrected chi connectivity index (χ3v) is 5.73. The van der Waals surface area contributed by atoms with Crippen LogP contribution in [0.2, 0.25) is 5.02 Å². The molecule has 0 aliphatic rings. The van der Waals surface area contributed by atoms with E-state index in [-0.39, 0.29) is 5.97 Å². The molecule has 162 valence electrons. The Labute approximate surface area is 190 Å². The molecule has 2 aromatic carbocycles. The Hall–Kier alpha value is -3.38. The number of imidazole rings is 1. The number of ether oxygens (including phenoxy) is 1. The van der Waals surface area contributed by atoms with E-state index in [1.54, 1.807) is 0 Å². The van der Waals surface area contributed by atoms with Crippen LogP contribution in [0.15, 0.2) is 54.7 Å². The van der Waals surface area contributed by atoms with Crippen LogP contribution in [0.25, 0.3) is 33.4 Å². The largest absolute Gasteiger partial charge is 0.424 e. The van der Waals surface area contributed by atoms with E-state index >= 15 is 0 Å². The summed E-state index contributed by atoms with van der Waals surface area (Å²) >= 11 is 6.11. The molecule has 0 saturated heterocycles. The minimum atomic E-state index is -0.269. The highest BCUT2D eigenvalue weighted by Crippen LogP contribution is 2.35. The van der Waals surface area contributed by atoms with E-state index in [2.05, 4.69) is 11.3 Å². The monoisotopic (exact) mass is 446 g/mol. The van der Waals surface area contributed by atoms with Crippen molar-refractivity contribution >= 4 is 45.3 Å². The van der Waals surface area contributed by atoms with E-state index in [0.29, 0.717) is 22.8 Å². The fourth-order valence-corrected chi connectivity index (χ4v) is 4.19. The summed E-state index contributed by atoms with van der Waals surface area (Å²) in [6, 6.07) is 15.5. The molecule has 0 amide bonds. The van der Waals surface area contributed by atoms with E-state index in [4.69, 9.17) is 26.3 Å². The normalized spacial score (nSPS) is 11.6. The van der Waals surface area contributed by atoms with Crippen molar-refractivity contribution in [3.05, 3.63) is 65.6 Å². The molecule has 0 atom stereocenters. The van der Waals surface area contributed by atoms with Crippen molar-refractivity contribution in [1.82, 2.24) is 18.9 Å². The number of aromatic nitrogens is 4. The molecule has 0 radical (unpaired) electrons. The van der Waals surface area contributed by atoms with E-state index in [9.17, 15) is 4.79 Å². The third kappa shape index (κ3) is 3.41. The lowest BCUT2D eigenvalue weighted by Gasteiger charge is -2.09. The van der Waals surface area contributed by atoms with Crippen molar-refractivity contribution in [1.29, 1.82) is 0 Å². The van der Waals surface area contributed by atoms with Gasteiger partial charge in [0, 0.05) is 23.6 Å². The summed E-state index contributed by atoms with van der Waals surface area (Å²) in [5.74, 6) is 1.11. The predicted octanol–water partition coefficient (Wildman–Crippen LogP) is 6.14. The van der Waals surface area contributed by atoms with Gasteiger partial charge < -0.3 is 4.74 Å².